The van der Waals surface area contributed by atoms with Crippen molar-refractivity contribution in [2.75, 3.05) is 5.32 Å². The number of anilines is 1. The maximum atomic E-state index is 12.1. The van der Waals surface area contributed by atoms with Gasteiger partial charge in [0.2, 0.25) is 5.91 Å². The number of hydrogen-bond acceptors (Lipinski definition) is 2. The largest absolute Gasteiger partial charge is 0.505 e. The molecule has 0 saturated carbocycles. The van der Waals surface area contributed by atoms with E-state index >= 15 is 0 Å². The number of benzene rings is 1. The minimum Gasteiger partial charge on any atom is -0.505 e. The molecular weight excluding hydrogens is 264 g/mol. The summed E-state index contributed by atoms with van der Waals surface area (Å²) < 4.78 is 0. The van der Waals surface area contributed by atoms with Crippen molar-refractivity contribution in [3.63, 3.8) is 0 Å². The highest BCUT2D eigenvalue weighted by atomic mass is 16.3. The number of amides is 1. The van der Waals surface area contributed by atoms with Crippen molar-refractivity contribution in [3.8, 4) is 17.6 Å². The van der Waals surface area contributed by atoms with Gasteiger partial charge in [0.1, 0.15) is 5.75 Å². The Hall–Kier alpha value is -2.67. The molecule has 1 aromatic carbocycles. The van der Waals surface area contributed by atoms with Crippen LogP contribution in [0, 0.1) is 17.3 Å². The summed E-state index contributed by atoms with van der Waals surface area (Å²) >= 11 is 0. The van der Waals surface area contributed by atoms with Gasteiger partial charge >= 0.3 is 0 Å². The summed E-state index contributed by atoms with van der Waals surface area (Å²) in [5.74, 6) is 5.89. The van der Waals surface area contributed by atoms with Crippen LogP contribution >= 0.6 is 0 Å². The van der Waals surface area contributed by atoms with Gasteiger partial charge in [0, 0.05) is 23.4 Å². The maximum Gasteiger partial charge on any atom is 0.229 e. The molecule has 1 aromatic heterocycles. The Balaban J connectivity index is 2.28. The van der Waals surface area contributed by atoms with Gasteiger partial charge in [-0.15, -0.1) is 0 Å². The van der Waals surface area contributed by atoms with Gasteiger partial charge in [-0.05, 0) is 12.1 Å². The normalized spacial score (nSPS) is 10.6. The molecule has 108 valence electrons. The van der Waals surface area contributed by atoms with E-state index in [1.165, 1.54) is 6.20 Å². The molecule has 0 saturated heterocycles. The molecule has 1 heterocycles. The first kappa shape index (κ1) is 14.7. The summed E-state index contributed by atoms with van der Waals surface area (Å²) in [6, 6.07) is 7.34. The number of carbonyl (C=O) groups excluding carboxylic acids is 1. The van der Waals surface area contributed by atoms with E-state index in [0.717, 1.165) is 0 Å². The number of nitrogens with one attached hydrogen (secondary N) is 2. The minimum atomic E-state index is -0.473. The van der Waals surface area contributed by atoms with E-state index < -0.39 is 5.41 Å². The van der Waals surface area contributed by atoms with Gasteiger partial charge in [-0.2, -0.15) is 0 Å². The Morgan fingerprint density at radius 1 is 1.14 bits per heavy atom. The van der Waals surface area contributed by atoms with Crippen LogP contribution in [0.4, 0.5) is 5.69 Å². The molecule has 0 bridgehead atoms. The third-order valence-electron chi connectivity index (χ3n) is 2.91. The number of aromatic hydroxyl groups is 1. The average molecular weight is 282 g/mol. The Morgan fingerprint density at radius 2 is 1.81 bits per heavy atom. The van der Waals surface area contributed by atoms with Crippen LogP contribution in [-0.4, -0.2) is 16.0 Å². The molecule has 0 fully saturated rings. The minimum absolute atomic E-state index is 0.0683. The first-order valence-electron chi connectivity index (χ1n) is 6.66. The molecule has 21 heavy (non-hydrogen) atoms. The monoisotopic (exact) mass is 282 g/mol. The Labute approximate surface area is 124 Å². The molecule has 0 unspecified atom stereocenters. The highest BCUT2D eigenvalue weighted by molar-refractivity contribution is 5.95. The highest BCUT2D eigenvalue weighted by Crippen LogP contribution is 2.20. The third-order valence-corrected chi connectivity index (χ3v) is 2.91. The number of hydrogen-bond donors (Lipinski definition) is 3. The molecule has 2 aromatic rings. The molecule has 1 amide bonds. The fourth-order valence-electron chi connectivity index (χ4n) is 1.60. The quantitative estimate of drug-likeness (QED) is 0.704. The lowest BCUT2D eigenvalue weighted by Gasteiger charge is -2.18. The van der Waals surface area contributed by atoms with Crippen LogP contribution < -0.4 is 5.32 Å². The van der Waals surface area contributed by atoms with E-state index in [4.69, 9.17) is 0 Å². The fraction of sp³-hybridized carbons (Fsp3) is 0.235. The summed E-state index contributed by atoms with van der Waals surface area (Å²) in [4.78, 5) is 14.8. The molecule has 0 aliphatic rings. The molecule has 4 heteroatoms. The van der Waals surface area contributed by atoms with Gasteiger partial charge < -0.3 is 15.4 Å². The SMILES string of the molecule is CC(C)(C)C(=O)Nc1ccccc1C#Cc1c[nH]cc1O. The number of carbonyl (C=O) groups is 1. The van der Waals surface area contributed by atoms with E-state index in [9.17, 15) is 9.90 Å². The third kappa shape index (κ3) is 3.67. The average Bonchev–Trinajstić information content (AvgIpc) is 2.82. The van der Waals surface area contributed by atoms with Crippen LogP contribution in [0.2, 0.25) is 0 Å². The van der Waals surface area contributed by atoms with Crippen LogP contribution in [0.5, 0.6) is 5.75 Å². The van der Waals surface area contributed by atoms with E-state index in [1.54, 1.807) is 6.20 Å². The van der Waals surface area contributed by atoms with E-state index in [2.05, 4.69) is 22.1 Å². The molecule has 0 spiro atoms. The van der Waals surface area contributed by atoms with E-state index in [-0.39, 0.29) is 11.7 Å². The second-order valence-corrected chi connectivity index (χ2v) is 5.75. The molecule has 4 nitrogen and oxygen atoms in total. The lowest BCUT2D eigenvalue weighted by Crippen LogP contribution is -2.27. The van der Waals surface area contributed by atoms with Crippen LogP contribution in [-0.2, 0) is 4.79 Å². The summed E-state index contributed by atoms with van der Waals surface area (Å²) in [6.45, 7) is 5.57. The summed E-state index contributed by atoms with van der Waals surface area (Å²) in [5.41, 5.74) is 1.42. The van der Waals surface area contributed by atoms with Gasteiger partial charge in [0.15, 0.2) is 0 Å². The lowest BCUT2D eigenvalue weighted by atomic mass is 9.95. The second-order valence-electron chi connectivity index (χ2n) is 5.75. The van der Waals surface area contributed by atoms with Gasteiger partial charge in [0.05, 0.1) is 11.3 Å². The predicted octanol–water partition coefficient (Wildman–Crippen LogP) is 3.10. The van der Waals surface area contributed by atoms with Gasteiger partial charge in [-0.1, -0.05) is 44.7 Å². The number of para-hydroxylation sites is 1. The first-order chi connectivity index (χ1) is 9.88. The number of aromatic amines is 1. The molecule has 2 rings (SSSR count). The van der Waals surface area contributed by atoms with Crippen LogP contribution in [0.1, 0.15) is 31.9 Å². The number of aromatic nitrogens is 1. The van der Waals surface area contributed by atoms with Gasteiger partial charge in [-0.3, -0.25) is 4.79 Å². The molecule has 0 radical (unpaired) electrons. The molecule has 3 N–H and O–H groups in total. The van der Waals surface area contributed by atoms with Gasteiger partial charge in [-0.25, -0.2) is 0 Å². The number of H-pyrrole nitrogens is 1. The zero-order valence-corrected chi connectivity index (χ0v) is 12.3. The highest BCUT2D eigenvalue weighted by Gasteiger charge is 2.21. The van der Waals surface area contributed by atoms with Crippen molar-refractivity contribution in [3.05, 3.63) is 47.8 Å². The van der Waals surface area contributed by atoms with Crippen molar-refractivity contribution >= 4 is 11.6 Å². The van der Waals surface area contributed by atoms with Crippen LogP contribution in [0.25, 0.3) is 0 Å². The van der Waals surface area contributed by atoms with Crippen LogP contribution in [0.3, 0.4) is 0 Å². The molecule has 0 atom stereocenters. The standard InChI is InChI=1S/C17H18N2O2/c1-17(2,3)16(21)19-14-7-5-4-6-12(14)8-9-13-10-18-11-15(13)20/h4-7,10-11,18,20H,1-3H3,(H,19,21). The summed E-state index contributed by atoms with van der Waals surface area (Å²) in [7, 11) is 0. The van der Waals surface area contributed by atoms with E-state index in [1.807, 2.05) is 45.0 Å². The Bertz CT molecular complexity index is 712. The lowest BCUT2D eigenvalue weighted by molar-refractivity contribution is -0.123. The van der Waals surface area contributed by atoms with Crippen LogP contribution in [0.15, 0.2) is 36.7 Å². The smallest absolute Gasteiger partial charge is 0.229 e. The Kier molecular flexibility index (Phi) is 4.04. The topological polar surface area (TPSA) is 65.1 Å². The summed E-state index contributed by atoms with van der Waals surface area (Å²) in [6.07, 6.45) is 3.09. The van der Waals surface area contributed by atoms with Crippen molar-refractivity contribution in [1.29, 1.82) is 0 Å². The first-order valence-corrected chi connectivity index (χ1v) is 6.66. The Morgan fingerprint density at radius 3 is 2.43 bits per heavy atom. The molecule has 0 aliphatic heterocycles. The number of rotatable bonds is 1. The van der Waals surface area contributed by atoms with Crippen molar-refractivity contribution in [2.24, 2.45) is 5.41 Å². The maximum absolute atomic E-state index is 12.1. The fourth-order valence-corrected chi connectivity index (χ4v) is 1.60. The van der Waals surface area contributed by atoms with Crippen molar-refractivity contribution < 1.29 is 9.90 Å². The summed E-state index contributed by atoms with van der Waals surface area (Å²) in [5, 5.41) is 12.4. The molecule has 0 aliphatic carbocycles. The van der Waals surface area contributed by atoms with Gasteiger partial charge in [0.25, 0.3) is 0 Å². The predicted molar refractivity (Wildman–Crippen MR) is 83.0 cm³/mol. The second kappa shape index (κ2) is 5.76. The van der Waals surface area contributed by atoms with Crippen molar-refractivity contribution in [1.82, 2.24) is 4.98 Å². The van der Waals surface area contributed by atoms with Crippen molar-refractivity contribution in [2.45, 2.75) is 20.8 Å². The zero-order chi connectivity index (χ0) is 15.5. The zero-order valence-electron chi connectivity index (χ0n) is 12.3. The molecular formula is C17H18N2O2. The van der Waals surface area contributed by atoms with E-state index in [0.29, 0.717) is 16.8 Å².